The standard InChI is InChI=1S/C18H19ClFN3O/c19-14-3-1-6-17(11-14)22-7-9-23(10-8-22)18(24)13-21-16-5-2-4-15(20)12-16/h1-6,11-12,21H,7-10,13H2. The molecule has 0 spiro atoms. The van der Waals surface area contributed by atoms with E-state index in [4.69, 9.17) is 11.6 Å². The van der Waals surface area contributed by atoms with Crippen LogP contribution in [0.1, 0.15) is 0 Å². The van der Waals surface area contributed by atoms with Gasteiger partial charge in [0.25, 0.3) is 0 Å². The number of piperazine rings is 1. The summed E-state index contributed by atoms with van der Waals surface area (Å²) in [6, 6.07) is 13.9. The molecule has 1 N–H and O–H groups in total. The van der Waals surface area contributed by atoms with Crippen LogP contribution in [0.3, 0.4) is 0 Å². The Balaban J connectivity index is 1.50. The molecule has 0 unspecified atom stereocenters. The number of nitrogens with one attached hydrogen (secondary N) is 1. The number of nitrogens with zero attached hydrogens (tertiary/aromatic N) is 2. The molecule has 2 aromatic carbocycles. The molecule has 0 radical (unpaired) electrons. The lowest BCUT2D eigenvalue weighted by Crippen LogP contribution is -2.50. The van der Waals surface area contributed by atoms with Crippen LogP contribution >= 0.6 is 11.6 Å². The van der Waals surface area contributed by atoms with Gasteiger partial charge in [-0.1, -0.05) is 23.7 Å². The summed E-state index contributed by atoms with van der Waals surface area (Å²) >= 11 is 6.03. The SMILES string of the molecule is O=C(CNc1cccc(F)c1)N1CCN(c2cccc(Cl)c2)CC1. The molecule has 0 atom stereocenters. The highest BCUT2D eigenvalue weighted by Crippen LogP contribution is 2.20. The third-order valence-electron chi connectivity index (χ3n) is 4.07. The third-order valence-corrected chi connectivity index (χ3v) is 4.31. The number of anilines is 2. The molecule has 1 aliphatic rings. The summed E-state index contributed by atoms with van der Waals surface area (Å²) in [6.45, 7) is 3.03. The number of benzene rings is 2. The van der Waals surface area contributed by atoms with E-state index in [-0.39, 0.29) is 18.3 Å². The summed E-state index contributed by atoms with van der Waals surface area (Å²) in [5.41, 5.74) is 1.69. The van der Waals surface area contributed by atoms with Crippen molar-refractivity contribution < 1.29 is 9.18 Å². The molecule has 4 nitrogen and oxygen atoms in total. The summed E-state index contributed by atoms with van der Waals surface area (Å²) in [5.74, 6) is -0.299. The Morgan fingerprint density at radius 2 is 1.83 bits per heavy atom. The second-order valence-electron chi connectivity index (χ2n) is 5.71. The normalized spacial score (nSPS) is 14.6. The van der Waals surface area contributed by atoms with Crippen LogP contribution < -0.4 is 10.2 Å². The van der Waals surface area contributed by atoms with Crippen LogP contribution in [0.25, 0.3) is 0 Å². The third kappa shape index (κ3) is 4.17. The predicted molar refractivity (Wildman–Crippen MR) is 95.1 cm³/mol. The number of amides is 1. The quantitative estimate of drug-likeness (QED) is 0.922. The Hall–Kier alpha value is -2.27. The van der Waals surface area contributed by atoms with Crippen molar-refractivity contribution in [3.05, 3.63) is 59.4 Å². The van der Waals surface area contributed by atoms with Gasteiger partial charge < -0.3 is 15.1 Å². The van der Waals surface area contributed by atoms with Crippen molar-refractivity contribution in [2.75, 3.05) is 42.9 Å². The fraction of sp³-hybridized carbons (Fsp3) is 0.278. The maximum Gasteiger partial charge on any atom is 0.241 e. The van der Waals surface area contributed by atoms with Crippen molar-refractivity contribution in [2.45, 2.75) is 0 Å². The molecule has 0 aliphatic carbocycles. The highest BCUT2D eigenvalue weighted by Gasteiger charge is 2.21. The first-order valence-corrected chi connectivity index (χ1v) is 8.27. The average molecular weight is 348 g/mol. The molecular formula is C18H19ClFN3O. The van der Waals surface area contributed by atoms with E-state index in [1.807, 2.05) is 29.2 Å². The Morgan fingerprint density at radius 3 is 2.54 bits per heavy atom. The molecule has 2 aromatic rings. The first kappa shape index (κ1) is 16.6. The maximum absolute atomic E-state index is 13.1. The number of rotatable bonds is 4. The zero-order chi connectivity index (χ0) is 16.9. The predicted octanol–water partition coefficient (Wildman–Crippen LogP) is 3.24. The van der Waals surface area contributed by atoms with Gasteiger partial charge in [-0.25, -0.2) is 4.39 Å². The molecule has 0 bridgehead atoms. The second kappa shape index (κ2) is 7.53. The van der Waals surface area contributed by atoms with E-state index in [2.05, 4.69) is 10.2 Å². The minimum atomic E-state index is -0.317. The van der Waals surface area contributed by atoms with Gasteiger partial charge in [0, 0.05) is 42.6 Å². The van der Waals surface area contributed by atoms with Crippen LogP contribution in [-0.2, 0) is 4.79 Å². The van der Waals surface area contributed by atoms with Crippen LogP contribution in [0.2, 0.25) is 5.02 Å². The van der Waals surface area contributed by atoms with Crippen molar-refractivity contribution in [1.29, 1.82) is 0 Å². The number of halogens is 2. The lowest BCUT2D eigenvalue weighted by molar-refractivity contribution is -0.129. The van der Waals surface area contributed by atoms with E-state index in [9.17, 15) is 9.18 Å². The molecule has 1 saturated heterocycles. The van der Waals surface area contributed by atoms with Gasteiger partial charge >= 0.3 is 0 Å². The minimum absolute atomic E-state index is 0.0185. The molecule has 1 heterocycles. The van der Waals surface area contributed by atoms with Gasteiger partial charge in [0.2, 0.25) is 5.91 Å². The highest BCUT2D eigenvalue weighted by molar-refractivity contribution is 6.30. The number of carbonyl (C=O) groups is 1. The Bertz CT molecular complexity index is 717. The number of carbonyl (C=O) groups excluding carboxylic acids is 1. The van der Waals surface area contributed by atoms with E-state index in [0.717, 1.165) is 18.8 Å². The maximum atomic E-state index is 13.1. The highest BCUT2D eigenvalue weighted by atomic mass is 35.5. The Kier molecular flexibility index (Phi) is 5.20. The van der Waals surface area contributed by atoms with E-state index in [1.54, 1.807) is 12.1 Å². The number of hydrogen-bond donors (Lipinski definition) is 1. The molecule has 24 heavy (non-hydrogen) atoms. The molecule has 126 valence electrons. The fourth-order valence-corrected chi connectivity index (χ4v) is 2.96. The summed E-state index contributed by atoms with van der Waals surface area (Å²) in [5, 5.41) is 3.68. The van der Waals surface area contributed by atoms with Crippen molar-refractivity contribution in [3.63, 3.8) is 0 Å². The summed E-state index contributed by atoms with van der Waals surface area (Å²) in [7, 11) is 0. The molecule has 1 amide bonds. The van der Waals surface area contributed by atoms with Gasteiger partial charge in [-0.05, 0) is 36.4 Å². The van der Waals surface area contributed by atoms with Crippen molar-refractivity contribution in [1.82, 2.24) is 4.90 Å². The molecule has 3 rings (SSSR count). The van der Waals surface area contributed by atoms with Gasteiger partial charge in [-0.15, -0.1) is 0 Å². The lowest BCUT2D eigenvalue weighted by atomic mass is 10.2. The van der Waals surface area contributed by atoms with Gasteiger partial charge in [-0.2, -0.15) is 0 Å². The van der Waals surface area contributed by atoms with Crippen LogP contribution in [0.5, 0.6) is 0 Å². The summed E-state index contributed by atoms with van der Waals surface area (Å²) in [6.07, 6.45) is 0. The van der Waals surface area contributed by atoms with E-state index >= 15 is 0 Å². The molecule has 6 heteroatoms. The van der Waals surface area contributed by atoms with Gasteiger partial charge in [0.05, 0.1) is 6.54 Å². The molecule has 1 fully saturated rings. The van der Waals surface area contributed by atoms with Crippen LogP contribution in [0, 0.1) is 5.82 Å². The van der Waals surface area contributed by atoms with E-state index in [1.165, 1.54) is 12.1 Å². The molecule has 1 aliphatic heterocycles. The average Bonchev–Trinajstić information content (AvgIpc) is 2.60. The van der Waals surface area contributed by atoms with Crippen LogP contribution in [-0.4, -0.2) is 43.5 Å². The van der Waals surface area contributed by atoms with Crippen molar-refractivity contribution >= 4 is 28.9 Å². The first-order chi connectivity index (χ1) is 11.6. The Labute approximate surface area is 145 Å². The Morgan fingerprint density at radius 1 is 1.08 bits per heavy atom. The van der Waals surface area contributed by atoms with Gasteiger partial charge in [0.1, 0.15) is 5.82 Å². The topological polar surface area (TPSA) is 35.6 Å². The first-order valence-electron chi connectivity index (χ1n) is 7.89. The monoisotopic (exact) mass is 347 g/mol. The fourth-order valence-electron chi connectivity index (χ4n) is 2.77. The zero-order valence-electron chi connectivity index (χ0n) is 13.2. The lowest BCUT2D eigenvalue weighted by Gasteiger charge is -2.36. The van der Waals surface area contributed by atoms with Crippen molar-refractivity contribution in [2.24, 2.45) is 0 Å². The van der Waals surface area contributed by atoms with Gasteiger partial charge in [0.15, 0.2) is 0 Å². The van der Waals surface area contributed by atoms with Crippen molar-refractivity contribution in [3.8, 4) is 0 Å². The molecular weight excluding hydrogens is 329 g/mol. The molecule has 0 aromatic heterocycles. The van der Waals surface area contributed by atoms with Crippen LogP contribution in [0.4, 0.5) is 15.8 Å². The van der Waals surface area contributed by atoms with Crippen LogP contribution in [0.15, 0.2) is 48.5 Å². The van der Waals surface area contributed by atoms with E-state index < -0.39 is 0 Å². The van der Waals surface area contributed by atoms with E-state index in [0.29, 0.717) is 23.8 Å². The minimum Gasteiger partial charge on any atom is -0.376 e. The zero-order valence-corrected chi connectivity index (χ0v) is 14.0. The summed E-state index contributed by atoms with van der Waals surface area (Å²) < 4.78 is 13.1. The molecule has 0 saturated carbocycles. The smallest absolute Gasteiger partial charge is 0.241 e. The number of hydrogen-bond acceptors (Lipinski definition) is 3. The second-order valence-corrected chi connectivity index (χ2v) is 6.15. The van der Waals surface area contributed by atoms with Gasteiger partial charge in [-0.3, -0.25) is 4.79 Å². The largest absolute Gasteiger partial charge is 0.376 e. The summed E-state index contributed by atoms with van der Waals surface area (Å²) in [4.78, 5) is 16.3.